The van der Waals surface area contributed by atoms with Crippen molar-refractivity contribution in [2.75, 3.05) is 20.2 Å². The minimum atomic E-state index is -0.105. The first-order valence-corrected chi connectivity index (χ1v) is 6.74. The molecule has 1 aromatic carbocycles. The molecule has 0 radical (unpaired) electrons. The predicted octanol–water partition coefficient (Wildman–Crippen LogP) is 2.17. The van der Waals surface area contributed by atoms with Crippen LogP contribution in [0.1, 0.15) is 24.8 Å². The van der Waals surface area contributed by atoms with Crippen LogP contribution in [0.2, 0.25) is 0 Å². The van der Waals surface area contributed by atoms with Gasteiger partial charge in [-0.15, -0.1) is 0 Å². The number of nitrogens with zero attached hydrogens (tertiary/aromatic N) is 1. The van der Waals surface area contributed by atoms with E-state index in [0.29, 0.717) is 18.1 Å². The molecule has 4 nitrogen and oxygen atoms in total. The minimum Gasteiger partial charge on any atom is -0.508 e. The van der Waals surface area contributed by atoms with E-state index in [9.17, 15) is 9.90 Å². The van der Waals surface area contributed by atoms with Crippen molar-refractivity contribution >= 4 is 5.97 Å². The lowest BCUT2D eigenvalue weighted by Gasteiger charge is -2.31. The monoisotopic (exact) mass is 263 g/mol. The van der Waals surface area contributed by atoms with E-state index in [1.165, 1.54) is 7.11 Å². The number of likely N-dealkylation sites (tertiary alicyclic amines) is 1. The van der Waals surface area contributed by atoms with E-state index in [0.717, 1.165) is 38.0 Å². The fraction of sp³-hybridized carbons (Fsp3) is 0.533. The molecule has 1 aromatic rings. The zero-order valence-electron chi connectivity index (χ0n) is 11.3. The second-order valence-corrected chi connectivity index (χ2v) is 5.17. The minimum absolute atomic E-state index is 0.105. The number of esters is 1. The summed E-state index contributed by atoms with van der Waals surface area (Å²) in [7, 11) is 1.44. The van der Waals surface area contributed by atoms with Crippen molar-refractivity contribution in [1.29, 1.82) is 0 Å². The molecule has 1 heterocycles. The molecular weight excluding hydrogens is 242 g/mol. The molecule has 0 aromatic heterocycles. The number of ether oxygens (including phenoxy) is 1. The molecule has 4 heteroatoms. The van der Waals surface area contributed by atoms with Crippen LogP contribution in [-0.2, 0) is 16.1 Å². The van der Waals surface area contributed by atoms with Gasteiger partial charge in [-0.25, -0.2) is 0 Å². The van der Waals surface area contributed by atoms with Crippen molar-refractivity contribution < 1.29 is 14.6 Å². The molecule has 104 valence electrons. The second kappa shape index (κ2) is 6.57. The standard InChI is InChI=1S/C15H21NO3/c1-19-15(18)10-12-5-7-16(8-6-12)11-13-3-2-4-14(17)9-13/h2-4,9,12,17H,5-8,10-11H2,1H3. The molecule has 0 bridgehead atoms. The molecule has 2 rings (SSSR count). The molecular formula is C15H21NO3. The molecule has 19 heavy (non-hydrogen) atoms. The number of phenols is 1. The molecule has 1 aliphatic heterocycles. The zero-order valence-corrected chi connectivity index (χ0v) is 11.3. The number of carbonyl (C=O) groups is 1. The number of aromatic hydroxyl groups is 1. The summed E-state index contributed by atoms with van der Waals surface area (Å²) in [6, 6.07) is 7.39. The van der Waals surface area contributed by atoms with Crippen molar-refractivity contribution in [1.82, 2.24) is 4.90 Å². The normalized spacial score (nSPS) is 17.3. The first kappa shape index (κ1) is 13.9. The van der Waals surface area contributed by atoms with Crippen LogP contribution in [0, 0.1) is 5.92 Å². The Morgan fingerprint density at radius 1 is 1.42 bits per heavy atom. The van der Waals surface area contributed by atoms with E-state index in [2.05, 4.69) is 4.90 Å². The summed E-state index contributed by atoms with van der Waals surface area (Å²) >= 11 is 0. The summed E-state index contributed by atoms with van der Waals surface area (Å²) in [5.41, 5.74) is 1.13. The first-order valence-electron chi connectivity index (χ1n) is 6.74. The molecule has 0 aliphatic carbocycles. The maximum absolute atomic E-state index is 11.2. The Bertz CT molecular complexity index is 425. The Morgan fingerprint density at radius 2 is 2.16 bits per heavy atom. The molecule has 0 atom stereocenters. The maximum Gasteiger partial charge on any atom is 0.305 e. The van der Waals surface area contributed by atoms with Gasteiger partial charge in [0.15, 0.2) is 0 Å². The van der Waals surface area contributed by atoms with Gasteiger partial charge in [0, 0.05) is 13.0 Å². The van der Waals surface area contributed by atoms with Crippen LogP contribution in [0.25, 0.3) is 0 Å². The summed E-state index contributed by atoms with van der Waals surface area (Å²) in [6.07, 6.45) is 2.61. The van der Waals surface area contributed by atoms with Crippen molar-refractivity contribution in [3.8, 4) is 5.75 Å². The molecule has 1 aliphatic rings. The van der Waals surface area contributed by atoms with Crippen molar-refractivity contribution in [3.05, 3.63) is 29.8 Å². The maximum atomic E-state index is 11.2. The number of benzene rings is 1. The predicted molar refractivity (Wildman–Crippen MR) is 72.7 cm³/mol. The lowest BCUT2D eigenvalue weighted by Crippen LogP contribution is -2.34. The van der Waals surface area contributed by atoms with E-state index < -0.39 is 0 Å². The van der Waals surface area contributed by atoms with Gasteiger partial charge in [0.25, 0.3) is 0 Å². The van der Waals surface area contributed by atoms with Gasteiger partial charge in [-0.3, -0.25) is 9.69 Å². The number of carbonyl (C=O) groups excluding carboxylic acids is 1. The Kier molecular flexibility index (Phi) is 4.80. The number of phenolic OH excluding ortho intramolecular Hbond substituents is 1. The van der Waals surface area contributed by atoms with Crippen LogP contribution >= 0.6 is 0 Å². The molecule has 0 spiro atoms. The average molecular weight is 263 g/mol. The number of hydrogen-bond acceptors (Lipinski definition) is 4. The highest BCUT2D eigenvalue weighted by molar-refractivity contribution is 5.69. The molecule has 1 fully saturated rings. The number of piperidine rings is 1. The van der Waals surface area contributed by atoms with Gasteiger partial charge in [0.05, 0.1) is 7.11 Å². The fourth-order valence-corrected chi connectivity index (χ4v) is 2.58. The quantitative estimate of drug-likeness (QED) is 0.846. The Hall–Kier alpha value is -1.55. The molecule has 1 saturated heterocycles. The first-order chi connectivity index (χ1) is 9.17. The van der Waals surface area contributed by atoms with Crippen LogP contribution in [0.15, 0.2) is 24.3 Å². The lowest BCUT2D eigenvalue weighted by molar-refractivity contribution is -0.142. The third-order valence-corrected chi connectivity index (χ3v) is 3.71. The lowest BCUT2D eigenvalue weighted by atomic mass is 9.93. The molecule has 0 amide bonds. The third kappa shape index (κ3) is 4.24. The highest BCUT2D eigenvalue weighted by atomic mass is 16.5. The fourth-order valence-electron chi connectivity index (χ4n) is 2.58. The largest absolute Gasteiger partial charge is 0.508 e. The van der Waals surface area contributed by atoms with Gasteiger partial charge >= 0.3 is 5.97 Å². The van der Waals surface area contributed by atoms with Crippen molar-refractivity contribution in [2.24, 2.45) is 5.92 Å². The third-order valence-electron chi connectivity index (χ3n) is 3.71. The van der Waals surface area contributed by atoms with Crippen molar-refractivity contribution in [3.63, 3.8) is 0 Å². The summed E-state index contributed by atoms with van der Waals surface area (Å²) in [5, 5.41) is 9.44. The second-order valence-electron chi connectivity index (χ2n) is 5.17. The van der Waals surface area contributed by atoms with E-state index in [4.69, 9.17) is 4.74 Å². The van der Waals surface area contributed by atoms with Gasteiger partial charge in [-0.05, 0) is 49.5 Å². The van der Waals surface area contributed by atoms with Crippen LogP contribution < -0.4 is 0 Å². The smallest absolute Gasteiger partial charge is 0.305 e. The van der Waals surface area contributed by atoms with Gasteiger partial charge in [-0.2, -0.15) is 0 Å². The van der Waals surface area contributed by atoms with Crippen LogP contribution in [0.4, 0.5) is 0 Å². The molecule has 0 unspecified atom stereocenters. The topological polar surface area (TPSA) is 49.8 Å². The zero-order chi connectivity index (χ0) is 13.7. The Morgan fingerprint density at radius 3 is 2.79 bits per heavy atom. The number of hydrogen-bond donors (Lipinski definition) is 1. The Balaban J connectivity index is 1.79. The Labute approximate surface area is 114 Å². The number of methoxy groups -OCH3 is 1. The highest BCUT2D eigenvalue weighted by Crippen LogP contribution is 2.22. The summed E-state index contributed by atoms with van der Waals surface area (Å²) in [4.78, 5) is 13.6. The molecule has 1 N–H and O–H groups in total. The van der Waals surface area contributed by atoms with E-state index in [1.54, 1.807) is 12.1 Å². The highest BCUT2D eigenvalue weighted by Gasteiger charge is 2.21. The molecule has 0 saturated carbocycles. The summed E-state index contributed by atoms with van der Waals surface area (Å²) < 4.78 is 4.71. The van der Waals surface area contributed by atoms with Gasteiger partial charge < -0.3 is 9.84 Å². The van der Waals surface area contributed by atoms with Gasteiger partial charge in [-0.1, -0.05) is 12.1 Å². The van der Waals surface area contributed by atoms with Crippen LogP contribution in [-0.4, -0.2) is 36.2 Å². The summed E-state index contributed by atoms with van der Waals surface area (Å²) in [5.74, 6) is 0.664. The van der Waals surface area contributed by atoms with Gasteiger partial charge in [0.2, 0.25) is 0 Å². The summed E-state index contributed by atoms with van der Waals surface area (Å²) in [6.45, 7) is 2.86. The van der Waals surface area contributed by atoms with Crippen molar-refractivity contribution in [2.45, 2.75) is 25.8 Å². The van der Waals surface area contributed by atoms with E-state index in [1.807, 2.05) is 12.1 Å². The van der Waals surface area contributed by atoms with Gasteiger partial charge in [0.1, 0.15) is 5.75 Å². The van der Waals surface area contributed by atoms with Crippen LogP contribution in [0.3, 0.4) is 0 Å². The van der Waals surface area contributed by atoms with E-state index in [-0.39, 0.29) is 5.97 Å². The number of rotatable bonds is 4. The van der Waals surface area contributed by atoms with E-state index >= 15 is 0 Å². The van der Waals surface area contributed by atoms with Crippen LogP contribution in [0.5, 0.6) is 5.75 Å². The average Bonchev–Trinajstić information content (AvgIpc) is 2.41. The SMILES string of the molecule is COC(=O)CC1CCN(Cc2cccc(O)c2)CC1.